The number of nitrogens with two attached hydrogens (primary N) is 1. The summed E-state index contributed by atoms with van der Waals surface area (Å²) < 4.78 is 36.4. The van der Waals surface area contributed by atoms with Crippen LogP contribution < -0.4 is 10.5 Å². The summed E-state index contributed by atoms with van der Waals surface area (Å²) in [6, 6.07) is 14.5. The number of aryl methyl sites for hydroxylation is 1. The largest absolute Gasteiger partial charge is 0.465 e. The Bertz CT molecular complexity index is 1610. The zero-order valence-corrected chi connectivity index (χ0v) is 21.7. The first-order valence-corrected chi connectivity index (χ1v) is 13.7. The lowest BCUT2D eigenvalue weighted by atomic mass is 9.96. The van der Waals surface area contributed by atoms with Gasteiger partial charge in [-0.15, -0.1) is 0 Å². The standard InChI is InChI=1S/C27H29N5O5S/c1-37-27(34)19-8-7-18-10-14-32(17-20(18)16-19)26(33)23(11-15-31-13-3-6-25(31)28)30-38(35,36)24-5-2-4-22-21(24)9-12-29-22/h2-9,12-13,16,23,29-30H,10-11,14-15,17,28H2,1H3. The zero-order chi connectivity index (χ0) is 26.9. The number of anilines is 1. The quantitative estimate of drug-likeness (QED) is 0.297. The molecule has 4 N–H and O–H groups in total. The summed E-state index contributed by atoms with van der Waals surface area (Å²) in [6.45, 7) is 1.04. The van der Waals surface area contributed by atoms with Crippen LogP contribution in [0.3, 0.4) is 0 Å². The Hall–Kier alpha value is -4.09. The topological polar surface area (TPSA) is 140 Å². The Morgan fingerprint density at radius 2 is 1.97 bits per heavy atom. The minimum atomic E-state index is -4.04. The number of amides is 1. The molecular formula is C27H29N5O5S. The van der Waals surface area contributed by atoms with Crippen LogP contribution in [0.2, 0.25) is 0 Å². The minimum absolute atomic E-state index is 0.0984. The highest BCUT2D eigenvalue weighted by Gasteiger charge is 2.32. The number of methoxy groups -OCH3 is 1. The molecule has 1 aliphatic heterocycles. The third-order valence-electron chi connectivity index (χ3n) is 6.91. The van der Waals surface area contributed by atoms with E-state index in [2.05, 4.69) is 9.71 Å². The SMILES string of the molecule is COC(=O)c1ccc2c(c1)CN(C(=O)C(CCn1cccc1N)NS(=O)(=O)c1cccc3[nH]ccc13)CC2. The molecule has 0 bridgehead atoms. The van der Waals surface area contributed by atoms with Gasteiger partial charge in [-0.1, -0.05) is 12.1 Å². The van der Waals surface area contributed by atoms with Crippen molar-refractivity contribution in [3.8, 4) is 0 Å². The van der Waals surface area contributed by atoms with E-state index in [9.17, 15) is 18.0 Å². The Balaban J connectivity index is 1.42. The summed E-state index contributed by atoms with van der Waals surface area (Å²) in [6.07, 6.45) is 4.26. The van der Waals surface area contributed by atoms with Crippen LogP contribution in [0.25, 0.3) is 10.9 Å². The molecular weight excluding hydrogens is 506 g/mol. The highest BCUT2D eigenvalue weighted by atomic mass is 32.2. The minimum Gasteiger partial charge on any atom is -0.465 e. The molecule has 5 rings (SSSR count). The normalized spacial score (nSPS) is 14.3. The van der Waals surface area contributed by atoms with Crippen molar-refractivity contribution >= 4 is 38.6 Å². The highest BCUT2D eigenvalue weighted by Crippen LogP contribution is 2.25. The lowest BCUT2D eigenvalue weighted by molar-refractivity contribution is -0.134. The Kier molecular flexibility index (Phi) is 6.96. The number of carbonyl (C=O) groups excluding carboxylic acids is 2. The number of hydrogen-bond acceptors (Lipinski definition) is 6. The van der Waals surface area contributed by atoms with E-state index < -0.39 is 22.0 Å². The number of nitrogen functional groups attached to an aromatic ring is 1. The summed E-state index contributed by atoms with van der Waals surface area (Å²) in [5.41, 5.74) is 8.97. The van der Waals surface area contributed by atoms with Crippen LogP contribution in [0.1, 0.15) is 27.9 Å². The van der Waals surface area contributed by atoms with Gasteiger partial charge in [0.15, 0.2) is 0 Å². The van der Waals surface area contributed by atoms with Gasteiger partial charge in [0.1, 0.15) is 11.9 Å². The molecule has 1 amide bonds. The van der Waals surface area contributed by atoms with Gasteiger partial charge in [0.25, 0.3) is 0 Å². The van der Waals surface area contributed by atoms with Gasteiger partial charge in [-0.25, -0.2) is 13.2 Å². The maximum atomic E-state index is 13.8. The van der Waals surface area contributed by atoms with E-state index >= 15 is 0 Å². The molecule has 2 aromatic carbocycles. The van der Waals surface area contributed by atoms with E-state index in [1.54, 1.807) is 64.3 Å². The number of rotatable bonds is 8. The number of esters is 1. The molecule has 10 nitrogen and oxygen atoms in total. The number of sulfonamides is 1. The fourth-order valence-electron chi connectivity index (χ4n) is 4.88. The van der Waals surface area contributed by atoms with Crippen molar-refractivity contribution in [1.82, 2.24) is 19.2 Å². The number of carbonyl (C=O) groups is 2. The van der Waals surface area contributed by atoms with Gasteiger partial charge in [-0.2, -0.15) is 4.72 Å². The first kappa shape index (κ1) is 25.6. The second-order valence-electron chi connectivity index (χ2n) is 9.27. The molecule has 198 valence electrons. The monoisotopic (exact) mass is 535 g/mol. The molecule has 0 aliphatic carbocycles. The fourth-order valence-corrected chi connectivity index (χ4v) is 6.33. The first-order valence-electron chi connectivity index (χ1n) is 12.2. The highest BCUT2D eigenvalue weighted by molar-refractivity contribution is 7.89. The second-order valence-corrected chi connectivity index (χ2v) is 11.0. The molecule has 0 saturated heterocycles. The summed E-state index contributed by atoms with van der Waals surface area (Å²) in [4.78, 5) is 30.6. The van der Waals surface area contributed by atoms with E-state index in [-0.39, 0.29) is 23.8 Å². The summed E-state index contributed by atoms with van der Waals surface area (Å²) in [7, 11) is -2.72. The van der Waals surface area contributed by atoms with E-state index in [1.165, 1.54) is 13.2 Å². The van der Waals surface area contributed by atoms with E-state index in [1.807, 2.05) is 6.07 Å². The molecule has 0 saturated carbocycles. The van der Waals surface area contributed by atoms with Crippen molar-refractivity contribution in [2.24, 2.45) is 0 Å². The molecule has 0 fully saturated rings. The van der Waals surface area contributed by atoms with E-state index in [4.69, 9.17) is 10.5 Å². The van der Waals surface area contributed by atoms with Crippen molar-refractivity contribution in [3.63, 3.8) is 0 Å². The number of nitrogens with one attached hydrogen (secondary N) is 2. The molecule has 1 unspecified atom stereocenters. The molecule has 11 heteroatoms. The summed E-state index contributed by atoms with van der Waals surface area (Å²) in [5, 5.41) is 0.545. The third kappa shape index (κ3) is 5.02. The van der Waals surface area contributed by atoms with Gasteiger partial charge >= 0.3 is 5.97 Å². The number of ether oxygens (including phenoxy) is 1. The van der Waals surface area contributed by atoms with Crippen LogP contribution in [-0.4, -0.2) is 54.4 Å². The van der Waals surface area contributed by atoms with Gasteiger partial charge < -0.3 is 24.9 Å². The fraction of sp³-hybridized carbons (Fsp3) is 0.259. The second kappa shape index (κ2) is 10.3. The Labute approximate surface area is 220 Å². The predicted molar refractivity (Wildman–Crippen MR) is 143 cm³/mol. The molecule has 0 spiro atoms. The maximum absolute atomic E-state index is 13.8. The number of fused-ring (bicyclic) bond motifs is 2. The molecule has 3 heterocycles. The number of hydrogen-bond donors (Lipinski definition) is 3. The number of nitrogens with zero attached hydrogens (tertiary/aromatic N) is 2. The van der Waals surface area contributed by atoms with Gasteiger partial charge in [0, 0.05) is 42.9 Å². The van der Waals surface area contributed by atoms with Gasteiger partial charge in [0.2, 0.25) is 15.9 Å². The smallest absolute Gasteiger partial charge is 0.337 e. The van der Waals surface area contributed by atoms with Crippen molar-refractivity contribution in [2.45, 2.75) is 36.9 Å². The van der Waals surface area contributed by atoms with Crippen LogP contribution in [-0.2, 0) is 39.1 Å². The number of H-pyrrole nitrogens is 1. The molecule has 1 atom stereocenters. The van der Waals surface area contributed by atoms with Crippen molar-refractivity contribution in [1.29, 1.82) is 0 Å². The average Bonchev–Trinajstić information content (AvgIpc) is 3.57. The Morgan fingerprint density at radius 3 is 2.74 bits per heavy atom. The van der Waals surface area contributed by atoms with Crippen LogP contribution >= 0.6 is 0 Å². The van der Waals surface area contributed by atoms with Crippen molar-refractivity contribution in [2.75, 3.05) is 19.4 Å². The van der Waals surface area contributed by atoms with Gasteiger partial charge in [-0.05, 0) is 66.4 Å². The van der Waals surface area contributed by atoms with Crippen molar-refractivity contribution < 1.29 is 22.7 Å². The zero-order valence-electron chi connectivity index (χ0n) is 20.9. The van der Waals surface area contributed by atoms with E-state index in [0.29, 0.717) is 41.8 Å². The number of aromatic nitrogens is 2. The van der Waals surface area contributed by atoms with Crippen molar-refractivity contribution in [3.05, 3.63) is 83.7 Å². The average molecular weight is 536 g/mol. The lowest BCUT2D eigenvalue weighted by Crippen LogP contribution is -2.50. The first-order chi connectivity index (χ1) is 18.3. The van der Waals surface area contributed by atoms with E-state index in [0.717, 1.165) is 11.1 Å². The molecule has 0 radical (unpaired) electrons. The van der Waals surface area contributed by atoms with Gasteiger partial charge in [0.05, 0.1) is 17.6 Å². The third-order valence-corrected chi connectivity index (χ3v) is 8.44. The molecule has 4 aromatic rings. The number of aromatic amines is 1. The number of benzene rings is 2. The molecule has 2 aromatic heterocycles. The summed E-state index contributed by atoms with van der Waals surface area (Å²) in [5.74, 6) is -0.266. The molecule has 38 heavy (non-hydrogen) atoms. The van der Waals surface area contributed by atoms with Crippen LogP contribution in [0, 0.1) is 0 Å². The predicted octanol–water partition coefficient (Wildman–Crippen LogP) is 2.66. The Morgan fingerprint density at radius 1 is 1.13 bits per heavy atom. The molecule has 1 aliphatic rings. The van der Waals surface area contributed by atoms with Crippen LogP contribution in [0.4, 0.5) is 5.82 Å². The van der Waals surface area contributed by atoms with Crippen LogP contribution in [0.5, 0.6) is 0 Å². The summed E-state index contributed by atoms with van der Waals surface area (Å²) >= 11 is 0. The van der Waals surface area contributed by atoms with Crippen LogP contribution in [0.15, 0.2) is 71.9 Å². The van der Waals surface area contributed by atoms with Gasteiger partial charge in [-0.3, -0.25) is 4.79 Å². The maximum Gasteiger partial charge on any atom is 0.337 e. The lowest BCUT2D eigenvalue weighted by Gasteiger charge is -2.32.